The average Bonchev–Trinajstić information content (AvgIpc) is 3.03. The SMILES string of the molecule is N#Cc1ccc(Cl)cc1.NC(=O)C1CC1. The number of nitrogens with two attached hydrogens (primary N) is 1. The van der Waals surface area contributed by atoms with Gasteiger partial charge in [0.05, 0.1) is 11.6 Å². The van der Waals surface area contributed by atoms with Crippen LogP contribution in [0.5, 0.6) is 0 Å². The zero-order chi connectivity index (χ0) is 11.3. The van der Waals surface area contributed by atoms with Gasteiger partial charge in [-0.15, -0.1) is 0 Å². The lowest BCUT2D eigenvalue weighted by molar-refractivity contribution is -0.119. The van der Waals surface area contributed by atoms with Crippen molar-refractivity contribution < 1.29 is 4.79 Å². The highest BCUT2D eigenvalue weighted by atomic mass is 35.5. The predicted molar refractivity (Wildman–Crippen MR) is 58.1 cm³/mol. The van der Waals surface area contributed by atoms with Crippen LogP contribution >= 0.6 is 11.6 Å². The highest BCUT2D eigenvalue weighted by Gasteiger charge is 2.26. The van der Waals surface area contributed by atoms with Crippen LogP contribution in [0.3, 0.4) is 0 Å². The molecule has 1 saturated carbocycles. The van der Waals surface area contributed by atoms with Crippen LogP contribution in [-0.2, 0) is 4.79 Å². The minimum Gasteiger partial charge on any atom is -0.369 e. The third-order valence-corrected chi connectivity index (χ3v) is 2.21. The summed E-state index contributed by atoms with van der Waals surface area (Å²) >= 11 is 5.56. The molecule has 1 fully saturated rings. The number of rotatable bonds is 1. The number of carbonyl (C=O) groups is 1. The first-order valence-electron chi connectivity index (χ1n) is 4.58. The van der Waals surface area contributed by atoms with E-state index in [1.165, 1.54) is 0 Å². The summed E-state index contributed by atoms with van der Waals surface area (Å²) in [5, 5.41) is 9.00. The Labute approximate surface area is 93.5 Å². The highest BCUT2D eigenvalue weighted by molar-refractivity contribution is 6.30. The summed E-state index contributed by atoms with van der Waals surface area (Å²) in [6.45, 7) is 0. The first-order valence-corrected chi connectivity index (χ1v) is 4.96. The zero-order valence-electron chi connectivity index (χ0n) is 8.11. The number of benzene rings is 1. The van der Waals surface area contributed by atoms with E-state index in [2.05, 4.69) is 0 Å². The van der Waals surface area contributed by atoms with Gasteiger partial charge in [0, 0.05) is 10.9 Å². The minimum atomic E-state index is -0.130. The Hall–Kier alpha value is -1.53. The van der Waals surface area contributed by atoms with Crippen molar-refractivity contribution in [3.63, 3.8) is 0 Å². The Morgan fingerprint density at radius 1 is 1.40 bits per heavy atom. The molecule has 1 aromatic carbocycles. The van der Waals surface area contributed by atoms with Crippen LogP contribution in [0.15, 0.2) is 24.3 Å². The lowest BCUT2D eigenvalue weighted by Gasteiger charge is -1.86. The van der Waals surface area contributed by atoms with E-state index >= 15 is 0 Å². The summed E-state index contributed by atoms with van der Waals surface area (Å²) in [7, 11) is 0. The molecule has 1 aliphatic carbocycles. The fourth-order valence-electron chi connectivity index (χ4n) is 0.892. The lowest BCUT2D eigenvalue weighted by Crippen LogP contribution is -2.11. The number of hydrogen-bond donors (Lipinski definition) is 1. The van der Waals surface area contributed by atoms with Crippen molar-refractivity contribution in [2.24, 2.45) is 11.7 Å². The number of carbonyl (C=O) groups excluding carboxylic acids is 1. The topological polar surface area (TPSA) is 66.9 Å². The third-order valence-electron chi connectivity index (χ3n) is 1.95. The Morgan fingerprint density at radius 2 is 1.93 bits per heavy atom. The van der Waals surface area contributed by atoms with Crippen molar-refractivity contribution in [1.29, 1.82) is 5.26 Å². The average molecular weight is 223 g/mol. The Morgan fingerprint density at radius 3 is 2.20 bits per heavy atom. The molecule has 15 heavy (non-hydrogen) atoms. The molecular formula is C11H11ClN2O. The molecule has 78 valence electrons. The van der Waals surface area contributed by atoms with Gasteiger partial charge < -0.3 is 5.73 Å². The summed E-state index contributed by atoms with van der Waals surface area (Å²) in [5.74, 6) is 0.111. The second-order valence-corrected chi connectivity index (χ2v) is 3.73. The van der Waals surface area contributed by atoms with Crippen LogP contribution in [0.2, 0.25) is 5.02 Å². The van der Waals surface area contributed by atoms with Crippen molar-refractivity contribution in [3.8, 4) is 6.07 Å². The van der Waals surface area contributed by atoms with Gasteiger partial charge in [-0.3, -0.25) is 4.79 Å². The second-order valence-electron chi connectivity index (χ2n) is 3.30. The van der Waals surface area contributed by atoms with Gasteiger partial charge in [-0.1, -0.05) is 11.6 Å². The van der Waals surface area contributed by atoms with Crippen molar-refractivity contribution in [2.75, 3.05) is 0 Å². The van der Waals surface area contributed by atoms with Crippen molar-refractivity contribution in [2.45, 2.75) is 12.8 Å². The van der Waals surface area contributed by atoms with Gasteiger partial charge in [0.15, 0.2) is 0 Å². The molecule has 3 nitrogen and oxygen atoms in total. The van der Waals surface area contributed by atoms with E-state index in [-0.39, 0.29) is 11.8 Å². The number of primary amides is 1. The quantitative estimate of drug-likeness (QED) is 0.791. The van der Waals surface area contributed by atoms with Crippen LogP contribution in [0.4, 0.5) is 0 Å². The maximum absolute atomic E-state index is 9.98. The molecular weight excluding hydrogens is 212 g/mol. The molecule has 0 unspecified atom stereocenters. The number of halogens is 1. The van der Waals surface area contributed by atoms with E-state index in [1.807, 2.05) is 6.07 Å². The van der Waals surface area contributed by atoms with Crippen LogP contribution in [0.25, 0.3) is 0 Å². The van der Waals surface area contributed by atoms with Gasteiger partial charge in [-0.2, -0.15) is 5.26 Å². The van der Waals surface area contributed by atoms with Crippen LogP contribution < -0.4 is 5.73 Å². The molecule has 0 bridgehead atoms. The van der Waals surface area contributed by atoms with E-state index in [4.69, 9.17) is 22.6 Å². The van der Waals surface area contributed by atoms with Gasteiger partial charge in [-0.05, 0) is 37.1 Å². The molecule has 0 saturated heterocycles. The molecule has 0 atom stereocenters. The van der Waals surface area contributed by atoms with Crippen LogP contribution in [0, 0.1) is 17.2 Å². The number of amides is 1. The van der Waals surface area contributed by atoms with Gasteiger partial charge in [0.25, 0.3) is 0 Å². The minimum absolute atomic E-state index is 0.130. The fraction of sp³-hybridized carbons (Fsp3) is 0.273. The van der Waals surface area contributed by atoms with Crippen molar-refractivity contribution in [3.05, 3.63) is 34.9 Å². The van der Waals surface area contributed by atoms with Gasteiger partial charge in [0.2, 0.25) is 5.91 Å². The summed E-state index contributed by atoms with van der Waals surface area (Å²) in [5.41, 5.74) is 5.50. The van der Waals surface area contributed by atoms with E-state index in [1.54, 1.807) is 24.3 Å². The van der Waals surface area contributed by atoms with Crippen molar-refractivity contribution in [1.82, 2.24) is 0 Å². The number of hydrogen-bond acceptors (Lipinski definition) is 2. The highest BCUT2D eigenvalue weighted by Crippen LogP contribution is 2.27. The molecule has 0 aromatic heterocycles. The maximum atomic E-state index is 9.98. The van der Waals surface area contributed by atoms with Gasteiger partial charge >= 0.3 is 0 Å². The van der Waals surface area contributed by atoms with Gasteiger partial charge in [0.1, 0.15) is 0 Å². The summed E-state index contributed by atoms with van der Waals surface area (Å²) in [6.07, 6.45) is 2.05. The van der Waals surface area contributed by atoms with E-state index < -0.39 is 0 Å². The third kappa shape index (κ3) is 4.48. The molecule has 0 aliphatic heterocycles. The molecule has 2 rings (SSSR count). The molecule has 0 heterocycles. The monoisotopic (exact) mass is 222 g/mol. The van der Waals surface area contributed by atoms with E-state index in [9.17, 15) is 4.79 Å². The fourth-order valence-corrected chi connectivity index (χ4v) is 1.02. The van der Waals surface area contributed by atoms with E-state index in [0.29, 0.717) is 10.6 Å². The summed E-state index contributed by atoms with van der Waals surface area (Å²) in [6, 6.07) is 8.75. The standard InChI is InChI=1S/C7H4ClN.C4H7NO/c8-7-3-1-6(5-9)2-4-7;5-4(6)3-1-2-3/h1-4H;3H,1-2H2,(H2,5,6). The number of nitrogens with zero attached hydrogens (tertiary/aromatic N) is 1. The molecule has 1 amide bonds. The lowest BCUT2D eigenvalue weighted by atomic mass is 10.2. The normalized spacial score (nSPS) is 13.3. The molecule has 0 radical (unpaired) electrons. The Balaban J connectivity index is 0.000000162. The molecule has 2 N–H and O–H groups in total. The van der Waals surface area contributed by atoms with Crippen LogP contribution in [0.1, 0.15) is 18.4 Å². The predicted octanol–water partition coefficient (Wildman–Crippen LogP) is 2.09. The Bertz CT molecular complexity index is 377. The van der Waals surface area contributed by atoms with Crippen LogP contribution in [-0.4, -0.2) is 5.91 Å². The van der Waals surface area contributed by atoms with Gasteiger partial charge in [-0.25, -0.2) is 0 Å². The maximum Gasteiger partial charge on any atom is 0.220 e. The largest absolute Gasteiger partial charge is 0.369 e. The molecule has 1 aliphatic rings. The first-order chi connectivity index (χ1) is 7.13. The summed E-state index contributed by atoms with van der Waals surface area (Å²) < 4.78 is 0. The number of nitriles is 1. The van der Waals surface area contributed by atoms with Crippen molar-refractivity contribution >= 4 is 17.5 Å². The van der Waals surface area contributed by atoms with E-state index in [0.717, 1.165) is 12.8 Å². The Kier molecular flexibility index (Phi) is 4.14. The molecule has 1 aromatic rings. The summed E-state index contributed by atoms with van der Waals surface area (Å²) in [4.78, 5) is 9.98. The first kappa shape index (κ1) is 11.5. The smallest absolute Gasteiger partial charge is 0.220 e. The molecule has 0 spiro atoms. The second kappa shape index (κ2) is 5.38. The zero-order valence-corrected chi connectivity index (χ0v) is 8.87. The molecule has 4 heteroatoms.